The van der Waals surface area contributed by atoms with Crippen molar-refractivity contribution < 1.29 is 28.8 Å². The molecule has 5 aromatic carbocycles. The van der Waals surface area contributed by atoms with E-state index < -0.39 is 35.5 Å². The summed E-state index contributed by atoms with van der Waals surface area (Å²) in [6.45, 7) is 0.00187. The molecule has 1 saturated heterocycles. The Morgan fingerprint density at radius 2 is 1.34 bits per heavy atom. The lowest BCUT2D eigenvalue weighted by Gasteiger charge is -2.37. The molecular formula is C45H38N6O7. The maximum absolute atomic E-state index is 13.9. The largest absolute Gasteiger partial charge is 0.497 e. The number of ether oxygens (including phenoxy) is 4. The predicted octanol–water partition coefficient (Wildman–Crippen LogP) is 6.35. The van der Waals surface area contributed by atoms with Gasteiger partial charge in [0.25, 0.3) is 11.5 Å². The topological polar surface area (TPSA) is 152 Å². The Morgan fingerprint density at radius 3 is 1.95 bits per heavy atom. The number of carbonyl (C=O) groups is 1. The van der Waals surface area contributed by atoms with Gasteiger partial charge in [-0.1, -0.05) is 91.0 Å². The highest BCUT2D eigenvalue weighted by Crippen LogP contribution is 2.43. The lowest BCUT2D eigenvalue weighted by molar-refractivity contribution is -0.0931. The van der Waals surface area contributed by atoms with Crippen LogP contribution in [-0.2, 0) is 15.1 Å². The van der Waals surface area contributed by atoms with Crippen molar-refractivity contribution in [2.24, 2.45) is 0 Å². The summed E-state index contributed by atoms with van der Waals surface area (Å²) < 4.78 is 27.0. The standard InChI is InChI=1S/C45H38N6O7/c1-55-31-20-16-29(17-21-31)45(28-10-4-3-5-11-28,30-18-22-32(56-2)23-19-30)57-25-38-37(52)24-39(58-38)50-26-46-41-42(50)47-27-51(44(41)54)49-43(53)40-33-12-6-8-14-35(33)48-36-15-9-7-13-34(36)40/h3-23,26-27,37-39,52H,24-25H2,1-2H3,(H,49,53)/t37-,38+,39+/m0/s1. The van der Waals surface area contributed by atoms with Crippen molar-refractivity contribution in [3.05, 3.63) is 173 Å². The van der Waals surface area contributed by atoms with Gasteiger partial charge in [-0.3, -0.25) is 19.6 Å². The van der Waals surface area contributed by atoms with E-state index in [1.807, 2.05) is 127 Å². The molecule has 8 aromatic rings. The van der Waals surface area contributed by atoms with E-state index in [4.69, 9.17) is 23.9 Å². The number of benzene rings is 5. The molecule has 1 fully saturated rings. The number of aliphatic hydroxyl groups is 1. The smallest absolute Gasteiger partial charge is 0.300 e. The number of pyridine rings is 1. The van der Waals surface area contributed by atoms with Gasteiger partial charge in [0.1, 0.15) is 35.8 Å². The van der Waals surface area contributed by atoms with Crippen molar-refractivity contribution >= 4 is 38.9 Å². The third-order valence-electron chi connectivity index (χ3n) is 10.7. The van der Waals surface area contributed by atoms with Gasteiger partial charge in [-0.15, -0.1) is 0 Å². The van der Waals surface area contributed by atoms with Crippen molar-refractivity contribution in [3.63, 3.8) is 0 Å². The lowest BCUT2D eigenvalue weighted by atomic mass is 9.80. The fourth-order valence-corrected chi connectivity index (χ4v) is 7.77. The Bertz CT molecular complexity index is 2720. The van der Waals surface area contributed by atoms with Crippen molar-refractivity contribution in [3.8, 4) is 11.5 Å². The molecule has 9 rings (SSSR count). The Hall–Kier alpha value is -6.93. The molecule has 1 aliphatic rings. The number of para-hydroxylation sites is 2. The predicted molar refractivity (Wildman–Crippen MR) is 218 cm³/mol. The first-order valence-electron chi connectivity index (χ1n) is 18.7. The summed E-state index contributed by atoms with van der Waals surface area (Å²) in [7, 11) is 3.24. The summed E-state index contributed by atoms with van der Waals surface area (Å²) in [6, 6.07) is 40.0. The summed E-state index contributed by atoms with van der Waals surface area (Å²) in [5.41, 5.74) is 5.51. The number of aliphatic hydroxyl groups excluding tert-OH is 1. The number of imidazole rings is 1. The molecule has 0 unspecified atom stereocenters. The molecule has 0 bridgehead atoms. The first-order valence-corrected chi connectivity index (χ1v) is 18.7. The van der Waals surface area contributed by atoms with Gasteiger partial charge in [0, 0.05) is 17.2 Å². The van der Waals surface area contributed by atoms with E-state index in [1.165, 1.54) is 12.7 Å². The van der Waals surface area contributed by atoms with Crippen LogP contribution in [0.5, 0.6) is 11.5 Å². The third kappa shape index (κ3) is 6.40. The number of hydrogen-bond donors (Lipinski definition) is 2. The van der Waals surface area contributed by atoms with Gasteiger partial charge < -0.3 is 24.1 Å². The van der Waals surface area contributed by atoms with Gasteiger partial charge in [-0.25, -0.2) is 19.6 Å². The van der Waals surface area contributed by atoms with E-state index >= 15 is 0 Å². The van der Waals surface area contributed by atoms with Crippen LogP contribution in [0.15, 0.2) is 145 Å². The van der Waals surface area contributed by atoms with Gasteiger partial charge in [-0.2, -0.15) is 0 Å². The van der Waals surface area contributed by atoms with Gasteiger partial charge >= 0.3 is 0 Å². The van der Waals surface area contributed by atoms with E-state index in [1.54, 1.807) is 18.8 Å². The number of amides is 1. The van der Waals surface area contributed by atoms with Gasteiger partial charge in [0.2, 0.25) is 0 Å². The molecule has 13 heteroatoms. The van der Waals surface area contributed by atoms with E-state index in [0.717, 1.165) is 21.4 Å². The Labute approximate surface area is 332 Å². The maximum atomic E-state index is 13.9. The van der Waals surface area contributed by atoms with Crippen LogP contribution < -0.4 is 20.5 Å². The van der Waals surface area contributed by atoms with E-state index in [2.05, 4.69) is 15.4 Å². The molecule has 58 heavy (non-hydrogen) atoms. The number of rotatable bonds is 11. The van der Waals surface area contributed by atoms with Crippen LogP contribution in [0.1, 0.15) is 39.7 Å². The molecule has 0 saturated carbocycles. The molecule has 3 aromatic heterocycles. The molecule has 0 aliphatic carbocycles. The Kier molecular flexibility index (Phi) is 9.61. The van der Waals surface area contributed by atoms with E-state index in [0.29, 0.717) is 38.9 Å². The molecule has 290 valence electrons. The fraction of sp³-hybridized carbons (Fsp3) is 0.178. The number of methoxy groups -OCH3 is 2. The van der Waals surface area contributed by atoms with Gasteiger partial charge in [-0.05, 0) is 53.1 Å². The quantitative estimate of drug-likeness (QED) is 0.112. The van der Waals surface area contributed by atoms with Crippen molar-refractivity contribution in [1.29, 1.82) is 0 Å². The zero-order valence-corrected chi connectivity index (χ0v) is 31.6. The van der Waals surface area contributed by atoms with Crippen molar-refractivity contribution in [2.45, 2.75) is 30.5 Å². The monoisotopic (exact) mass is 774 g/mol. The second-order valence-corrected chi connectivity index (χ2v) is 14.0. The molecule has 4 heterocycles. The highest BCUT2D eigenvalue weighted by molar-refractivity contribution is 6.18. The summed E-state index contributed by atoms with van der Waals surface area (Å²) in [5, 5.41) is 12.7. The molecule has 1 amide bonds. The zero-order chi connectivity index (χ0) is 39.8. The number of hydrogen-bond acceptors (Lipinski definition) is 10. The highest BCUT2D eigenvalue weighted by Gasteiger charge is 2.42. The number of fused-ring (bicyclic) bond motifs is 3. The average molecular weight is 775 g/mol. The Balaban J connectivity index is 0.997. The number of aromatic nitrogens is 5. The van der Waals surface area contributed by atoms with E-state index in [-0.39, 0.29) is 24.2 Å². The van der Waals surface area contributed by atoms with Crippen LogP contribution in [-0.4, -0.2) is 68.2 Å². The average Bonchev–Trinajstić information content (AvgIpc) is 3.88. The molecule has 0 spiro atoms. The fourth-order valence-electron chi connectivity index (χ4n) is 7.77. The van der Waals surface area contributed by atoms with Crippen molar-refractivity contribution in [1.82, 2.24) is 24.2 Å². The summed E-state index contributed by atoms with van der Waals surface area (Å²) in [6.07, 6.45) is 0.495. The second kappa shape index (κ2) is 15.2. The summed E-state index contributed by atoms with van der Waals surface area (Å²) in [5.74, 6) is 0.895. The molecule has 0 radical (unpaired) electrons. The number of nitrogens with one attached hydrogen (secondary N) is 1. The van der Waals surface area contributed by atoms with Gasteiger partial charge in [0.05, 0.1) is 49.9 Å². The minimum Gasteiger partial charge on any atom is -0.497 e. The maximum Gasteiger partial charge on any atom is 0.300 e. The zero-order valence-electron chi connectivity index (χ0n) is 31.6. The summed E-state index contributed by atoms with van der Waals surface area (Å²) in [4.78, 5) is 41.2. The Morgan fingerprint density at radius 1 is 0.776 bits per heavy atom. The van der Waals surface area contributed by atoms with Crippen LogP contribution in [0.25, 0.3) is 33.0 Å². The molecule has 3 atom stereocenters. The normalized spacial score (nSPS) is 16.8. The number of carbonyl (C=O) groups excluding carboxylic acids is 1. The highest BCUT2D eigenvalue weighted by atomic mass is 16.6. The number of nitrogens with zero attached hydrogens (tertiary/aromatic N) is 5. The first-order chi connectivity index (χ1) is 28.4. The van der Waals surface area contributed by atoms with Crippen LogP contribution in [0.2, 0.25) is 0 Å². The van der Waals surface area contributed by atoms with E-state index in [9.17, 15) is 14.7 Å². The SMILES string of the molecule is COc1ccc(C(OC[C@H]2O[C@@H](n3cnc4c(=O)n(NC(=O)c5c6ccccc6nc6ccccc56)cnc43)C[C@@H]2O)(c2ccccc2)c2ccc(OC)cc2)cc1. The van der Waals surface area contributed by atoms with Crippen LogP contribution >= 0.6 is 0 Å². The minimum atomic E-state index is -1.12. The molecule has 2 N–H and O–H groups in total. The first kappa shape index (κ1) is 36.7. The second-order valence-electron chi connectivity index (χ2n) is 14.0. The van der Waals surface area contributed by atoms with Crippen LogP contribution in [0.4, 0.5) is 0 Å². The third-order valence-corrected chi connectivity index (χ3v) is 10.7. The molecule has 1 aliphatic heterocycles. The van der Waals surface area contributed by atoms with Crippen molar-refractivity contribution in [2.75, 3.05) is 26.3 Å². The van der Waals surface area contributed by atoms with Crippen LogP contribution in [0.3, 0.4) is 0 Å². The van der Waals surface area contributed by atoms with Crippen LogP contribution in [0, 0.1) is 0 Å². The molecular weight excluding hydrogens is 737 g/mol. The molecule has 13 nitrogen and oxygen atoms in total. The van der Waals surface area contributed by atoms with Gasteiger partial charge in [0.15, 0.2) is 11.2 Å². The minimum absolute atomic E-state index is 0.00187. The summed E-state index contributed by atoms with van der Waals surface area (Å²) >= 11 is 0. The lowest BCUT2D eigenvalue weighted by Crippen LogP contribution is -2.38.